The molecular formula is C21H18BrClN2O3S. The van der Waals surface area contributed by atoms with Crippen molar-refractivity contribution in [3.8, 4) is 0 Å². The number of carbonyl (C=O) groups excluding carboxylic acids is 1. The molecule has 0 bridgehead atoms. The van der Waals surface area contributed by atoms with Crippen LogP contribution in [0.3, 0.4) is 0 Å². The van der Waals surface area contributed by atoms with E-state index < -0.39 is 15.9 Å². The molecule has 0 unspecified atom stereocenters. The highest BCUT2D eigenvalue weighted by Crippen LogP contribution is 2.27. The summed E-state index contributed by atoms with van der Waals surface area (Å²) in [6.07, 6.45) is 0. The standard InChI is InChI=1S/C21H18BrClN2O3S/c1-13-7-9-16(11-14(13)2)25-29(27,28)20-12-15(8-10-18(20)23)21(26)24-19-6-4-3-5-17(19)22/h3-12,25H,1-2H3,(H,24,26). The molecule has 3 rings (SSSR count). The van der Waals surface area contributed by atoms with Gasteiger partial charge >= 0.3 is 0 Å². The summed E-state index contributed by atoms with van der Waals surface area (Å²) in [5.74, 6) is -0.448. The number of halogens is 2. The van der Waals surface area contributed by atoms with Crippen LogP contribution in [0.4, 0.5) is 11.4 Å². The van der Waals surface area contributed by atoms with Gasteiger partial charge in [0.05, 0.1) is 10.7 Å². The molecule has 0 spiro atoms. The van der Waals surface area contributed by atoms with Gasteiger partial charge in [-0.05, 0) is 83.4 Å². The molecule has 29 heavy (non-hydrogen) atoms. The fraction of sp³-hybridized carbons (Fsp3) is 0.0952. The van der Waals surface area contributed by atoms with Gasteiger partial charge in [0.15, 0.2) is 0 Å². The van der Waals surface area contributed by atoms with Crippen LogP contribution in [-0.4, -0.2) is 14.3 Å². The maximum atomic E-state index is 12.9. The second kappa shape index (κ2) is 8.57. The van der Waals surface area contributed by atoms with Crippen LogP contribution in [0, 0.1) is 13.8 Å². The summed E-state index contributed by atoms with van der Waals surface area (Å²) in [5, 5.41) is 2.77. The first kappa shape index (κ1) is 21.4. The van der Waals surface area contributed by atoms with Gasteiger partial charge in [-0.15, -0.1) is 0 Å². The first-order valence-electron chi connectivity index (χ1n) is 8.63. The lowest BCUT2D eigenvalue weighted by molar-refractivity contribution is 0.102. The minimum atomic E-state index is -3.98. The number of anilines is 2. The highest BCUT2D eigenvalue weighted by Gasteiger charge is 2.21. The Morgan fingerprint density at radius 1 is 0.966 bits per heavy atom. The van der Waals surface area contributed by atoms with Crippen LogP contribution in [0.1, 0.15) is 21.5 Å². The average Bonchev–Trinajstić information content (AvgIpc) is 2.66. The van der Waals surface area contributed by atoms with Crippen LogP contribution in [0.2, 0.25) is 5.02 Å². The van der Waals surface area contributed by atoms with Crippen molar-refractivity contribution >= 4 is 54.8 Å². The number of carbonyl (C=O) groups is 1. The SMILES string of the molecule is Cc1ccc(NS(=O)(=O)c2cc(C(=O)Nc3ccccc3Br)ccc2Cl)cc1C. The van der Waals surface area contributed by atoms with Gasteiger partial charge < -0.3 is 5.32 Å². The molecule has 1 amide bonds. The summed E-state index contributed by atoms with van der Waals surface area (Å²) in [4.78, 5) is 12.4. The van der Waals surface area contributed by atoms with E-state index in [-0.39, 0.29) is 15.5 Å². The third kappa shape index (κ3) is 4.98. The number of amides is 1. The normalized spacial score (nSPS) is 11.2. The number of rotatable bonds is 5. The summed E-state index contributed by atoms with van der Waals surface area (Å²) in [6, 6.07) is 16.5. The van der Waals surface area contributed by atoms with E-state index in [9.17, 15) is 13.2 Å². The third-order valence-corrected chi connectivity index (χ3v) is 6.92. The second-order valence-corrected chi connectivity index (χ2v) is 9.40. The van der Waals surface area contributed by atoms with Crippen LogP contribution in [0.25, 0.3) is 0 Å². The van der Waals surface area contributed by atoms with Crippen molar-refractivity contribution in [2.24, 2.45) is 0 Å². The zero-order chi connectivity index (χ0) is 21.2. The summed E-state index contributed by atoms with van der Waals surface area (Å²) in [7, 11) is -3.98. The number of hydrogen-bond donors (Lipinski definition) is 2. The fourth-order valence-corrected chi connectivity index (χ4v) is 4.58. The van der Waals surface area contributed by atoms with Gasteiger partial charge in [-0.2, -0.15) is 0 Å². The van der Waals surface area contributed by atoms with Crippen LogP contribution in [-0.2, 0) is 10.0 Å². The van der Waals surface area contributed by atoms with Gasteiger partial charge in [0.2, 0.25) is 0 Å². The Morgan fingerprint density at radius 2 is 1.69 bits per heavy atom. The van der Waals surface area contributed by atoms with Gasteiger partial charge in [0, 0.05) is 15.7 Å². The minimum absolute atomic E-state index is 0.0266. The highest BCUT2D eigenvalue weighted by molar-refractivity contribution is 9.10. The molecule has 0 heterocycles. The van der Waals surface area contributed by atoms with Gasteiger partial charge in [-0.1, -0.05) is 29.8 Å². The molecule has 0 aliphatic heterocycles. The molecule has 0 saturated heterocycles. The van der Waals surface area contributed by atoms with E-state index >= 15 is 0 Å². The lowest BCUT2D eigenvalue weighted by Crippen LogP contribution is -2.16. The number of sulfonamides is 1. The Bertz CT molecular complexity index is 1200. The number of nitrogens with one attached hydrogen (secondary N) is 2. The number of benzene rings is 3. The molecule has 150 valence electrons. The van der Waals surface area contributed by atoms with Crippen molar-refractivity contribution in [2.75, 3.05) is 10.0 Å². The van der Waals surface area contributed by atoms with Crippen LogP contribution in [0.15, 0.2) is 70.0 Å². The lowest BCUT2D eigenvalue weighted by Gasteiger charge is -2.13. The highest BCUT2D eigenvalue weighted by atomic mass is 79.9. The Kier molecular flexibility index (Phi) is 6.31. The molecule has 0 aliphatic rings. The predicted molar refractivity (Wildman–Crippen MR) is 120 cm³/mol. The molecule has 5 nitrogen and oxygen atoms in total. The number of para-hydroxylation sites is 1. The molecule has 8 heteroatoms. The number of hydrogen-bond acceptors (Lipinski definition) is 3. The van der Waals surface area contributed by atoms with E-state index in [0.717, 1.165) is 11.1 Å². The molecular weight excluding hydrogens is 476 g/mol. The van der Waals surface area contributed by atoms with E-state index in [1.807, 2.05) is 26.0 Å². The Hall–Kier alpha value is -2.35. The van der Waals surface area contributed by atoms with E-state index in [4.69, 9.17) is 11.6 Å². The molecule has 0 radical (unpaired) electrons. The summed E-state index contributed by atoms with van der Waals surface area (Å²) >= 11 is 9.50. The Labute approximate surface area is 183 Å². The van der Waals surface area contributed by atoms with Crippen molar-refractivity contribution < 1.29 is 13.2 Å². The first-order chi connectivity index (χ1) is 13.7. The van der Waals surface area contributed by atoms with Crippen LogP contribution >= 0.6 is 27.5 Å². The second-order valence-electron chi connectivity index (χ2n) is 6.48. The monoisotopic (exact) mass is 492 g/mol. The summed E-state index contributed by atoms with van der Waals surface area (Å²) < 4.78 is 29.0. The molecule has 0 aliphatic carbocycles. The topological polar surface area (TPSA) is 75.3 Å². The van der Waals surface area contributed by atoms with E-state index in [1.54, 1.807) is 30.3 Å². The quantitative estimate of drug-likeness (QED) is 0.473. The Balaban J connectivity index is 1.90. The first-order valence-corrected chi connectivity index (χ1v) is 11.3. The van der Waals surface area contributed by atoms with Crippen molar-refractivity contribution in [1.29, 1.82) is 0 Å². The predicted octanol–water partition coefficient (Wildman–Crippen LogP) is 5.77. The smallest absolute Gasteiger partial charge is 0.263 e. The van der Waals surface area contributed by atoms with Gasteiger partial charge in [-0.25, -0.2) is 8.42 Å². The van der Waals surface area contributed by atoms with Gasteiger partial charge in [0.1, 0.15) is 4.90 Å². The van der Waals surface area contributed by atoms with Crippen molar-refractivity contribution in [3.05, 3.63) is 86.8 Å². The Morgan fingerprint density at radius 3 is 2.38 bits per heavy atom. The van der Waals surface area contributed by atoms with Gasteiger partial charge in [-0.3, -0.25) is 9.52 Å². The summed E-state index contributed by atoms with van der Waals surface area (Å²) in [6.45, 7) is 3.84. The molecule has 2 N–H and O–H groups in total. The fourth-order valence-electron chi connectivity index (χ4n) is 2.62. The molecule has 0 fully saturated rings. The van der Waals surface area contributed by atoms with Crippen molar-refractivity contribution in [1.82, 2.24) is 0 Å². The minimum Gasteiger partial charge on any atom is -0.321 e. The molecule has 0 atom stereocenters. The molecule has 0 aromatic heterocycles. The van der Waals surface area contributed by atoms with Gasteiger partial charge in [0.25, 0.3) is 15.9 Å². The molecule has 3 aromatic carbocycles. The molecule has 3 aromatic rings. The zero-order valence-electron chi connectivity index (χ0n) is 15.7. The largest absolute Gasteiger partial charge is 0.321 e. The van der Waals surface area contributed by atoms with E-state index in [1.165, 1.54) is 18.2 Å². The maximum absolute atomic E-state index is 12.9. The van der Waals surface area contributed by atoms with E-state index in [0.29, 0.717) is 15.8 Å². The lowest BCUT2D eigenvalue weighted by atomic mass is 10.1. The van der Waals surface area contributed by atoms with Crippen molar-refractivity contribution in [2.45, 2.75) is 18.7 Å². The van der Waals surface area contributed by atoms with E-state index in [2.05, 4.69) is 26.0 Å². The van der Waals surface area contributed by atoms with Crippen LogP contribution in [0.5, 0.6) is 0 Å². The third-order valence-electron chi connectivity index (χ3n) is 4.36. The van der Waals surface area contributed by atoms with Crippen LogP contribution < -0.4 is 10.0 Å². The number of aryl methyl sites for hydroxylation is 2. The zero-order valence-corrected chi connectivity index (χ0v) is 18.8. The maximum Gasteiger partial charge on any atom is 0.263 e. The summed E-state index contributed by atoms with van der Waals surface area (Å²) in [5.41, 5.74) is 3.18. The van der Waals surface area contributed by atoms with Crippen molar-refractivity contribution in [3.63, 3.8) is 0 Å². The average molecular weight is 494 g/mol. The molecule has 0 saturated carbocycles.